The Labute approximate surface area is 120 Å². The fraction of sp³-hybridized carbons (Fsp3) is 0.231. The molecule has 0 atom stereocenters. The van der Waals surface area contributed by atoms with Gasteiger partial charge in [-0.15, -0.1) is 0 Å². The minimum Gasteiger partial charge on any atom is -0.362 e. The van der Waals surface area contributed by atoms with Gasteiger partial charge in [-0.05, 0) is 30.8 Å². The lowest BCUT2D eigenvalue weighted by molar-refractivity contribution is 0.509. The van der Waals surface area contributed by atoms with Gasteiger partial charge >= 0.3 is 0 Å². The molecule has 0 saturated carbocycles. The van der Waals surface area contributed by atoms with Gasteiger partial charge in [0.2, 0.25) is 0 Å². The van der Waals surface area contributed by atoms with Crippen LogP contribution in [0.25, 0.3) is 0 Å². The van der Waals surface area contributed by atoms with Gasteiger partial charge < -0.3 is 15.2 Å². The van der Waals surface area contributed by atoms with Crippen LogP contribution in [0.3, 0.4) is 0 Å². The van der Waals surface area contributed by atoms with Gasteiger partial charge in [-0.25, -0.2) is 13.8 Å². The van der Waals surface area contributed by atoms with E-state index < -0.39 is 11.6 Å². The van der Waals surface area contributed by atoms with Crippen molar-refractivity contribution in [2.45, 2.75) is 13.0 Å². The van der Waals surface area contributed by atoms with Crippen molar-refractivity contribution in [3.8, 4) is 0 Å². The van der Waals surface area contributed by atoms with Crippen LogP contribution in [0, 0.1) is 11.6 Å². The van der Waals surface area contributed by atoms with Crippen molar-refractivity contribution in [3.05, 3.63) is 48.6 Å². The lowest BCUT2D eigenvalue weighted by atomic mass is 10.3. The summed E-state index contributed by atoms with van der Waals surface area (Å²) in [5.41, 5.74) is 0.413. The van der Waals surface area contributed by atoms with Crippen molar-refractivity contribution in [1.29, 1.82) is 0 Å². The van der Waals surface area contributed by atoms with Crippen LogP contribution in [0.2, 0.25) is 0 Å². The van der Waals surface area contributed by atoms with E-state index >= 15 is 0 Å². The first-order valence-corrected chi connectivity index (χ1v) is 6.51. The van der Waals surface area contributed by atoms with Crippen LogP contribution in [0.15, 0.2) is 36.9 Å². The molecule has 106 valence electrons. The molecule has 0 unspecified atom stereocenters. The third kappa shape index (κ3) is 4.27. The van der Waals surface area contributed by atoms with Crippen LogP contribution in [0.4, 0.5) is 14.5 Å². The molecule has 0 amide bonds. The summed E-state index contributed by atoms with van der Waals surface area (Å²) in [5, 5.41) is 6.17. The minimum atomic E-state index is -0.905. The van der Waals surface area contributed by atoms with Gasteiger partial charge in [0.25, 0.3) is 0 Å². The van der Waals surface area contributed by atoms with E-state index in [2.05, 4.69) is 15.6 Å². The van der Waals surface area contributed by atoms with Crippen molar-refractivity contribution < 1.29 is 8.78 Å². The molecule has 20 heavy (non-hydrogen) atoms. The van der Waals surface area contributed by atoms with Crippen LogP contribution < -0.4 is 10.6 Å². The SMILES string of the molecule is Fc1ccc(NC(=S)NCCCn2ccnc2)cc1F. The van der Waals surface area contributed by atoms with Crippen molar-refractivity contribution in [1.82, 2.24) is 14.9 Å². The van der Waals surface area contributed by atoms with E-state index in [0.29, 0.717) is 17.3 Å². The number of aromatic nitrogens is 2. The highest BCUT2D eigenvalue weighted by Crippen LogP contribution is 2.12. The van der Waals surface area contributed by atoms with Crippen LogP contribution in [-0.2, 0) is 6.54 Å². The second-order valence-corrected chi connectivity index (χ2v) is 4.57. The van der Waals surface area contributed by atoms with E-state index in [1.807, 2.05) is 10.8 Å². The number of nitrogens with zero attached hydrogens (tertiary/aromatic N) is 2. The molecule has 0 saturated heterocycles. The Hall–Kier alpha value is -2.02. The Balaban J connectivity index is 1.71. The summed E-state index contributed by atoms with van der Waals surface area (Å²) < 4.78 is 27.7. The average molecular weight is 296 g/mol. The Morgan fingerprint density at radius 1 is 1.30 bits per heavy atom. The maximum absolute atomic E-state index is 13.0. The van der Waals surface area contributed by atoms with E-state index in [9.17, 15) is 8.78 Å². The van der Waals surface area contributed by atoms with Crippen LogP contribution in [0.5, 0.6) is 0 Å². The maximum Gasteiger partial charge on any atom is 0.170 e. The molecule has 0 radical (unpaired) electrons. The Morgan fingerprint density at radius 3 is 2.85 bits per heavy atom. The molecule has 0 fully saturated rings. The largest absolute Gasteiger partial charge is 0.362 e. The smallest absolute Gasteiger partial charge is 0.170 e. The number of aryl methyl sites for hydroxylation is 1. The maximum atomic E-state index is 13.0. The molecule has 0 spiro atoms. The monoisotopic (exact) mass is 296 g/mol. The molecular weight excluding hydrogens is 282 g/mol. The molecule has 0 aliphatic heterocycles. The molecule has 4 nitrogen and oxygen atoms in total. The van der Waals surface area contributed by atoms with E-state index in [4.69, 9.17) is 12.2 Å². The molecule has 1 heterocycles. The standard InChI is InChI=1S/C13H14F2N4S/c14-11-3-2-10(8-12(11)15)18-13(20)17-4-1-6-19-7-5-16-9-19/h2-3,5,7-9H,1,4,6H2,(H2,17,18,20). The van der Waals surface area contributed by atoms with Crippen molar-refractivity contribution in [3.63, 3.8) is 0 Å². The van der Waals surface area contributed by atoms with Gasteiger partial charge in [0, 0.05) is 37.2 Å². The molecule has 1 aromatic carbocycles. The number of anilines is 1. The predicted molar refractivity (Wildman–Crippen MR) is 77.4 cm³/mol. The van der Waals surface area contributed by atoms with Crippen LogP contribution >= 0.6 is 12.2 Å². The third-order valence-corrected chi connectivity index (χ3v) is 2.86. The first kappa shape index (κ1) is 14.4. The van der Waals surface area contributed by atoms with Gasteiger partial charge in [0.05, 0.1) is 6.33 Å². The summed E-state index contributed by atoms with van der Waals surface area (Å²) in [7, 11) is 0. The van der Waals surface area contributed by atoms with Crippen LogP contribution in [-0.4, -0.2) is 21.2 Å². The lowest BCUT2D eigenvalue weighted by Crippen LogP contribution is -2.29. The Morgan fingerprint density at radius 2 is 2.15 bits per heavy atom. The minimum absolute atomic E-state index is 0.377. The molecule has 0 aliphatic rings. The summed E-state index contributed by atoms with van der Waals surface area (Å²) in [6.45, 7) is 1.51. The zero-order valence-electron chi connectivity index (χ0n) is 10.6. The normalized spacial score (nSPS) is 10.3. The summed E-state index contributed by atoms with van der Waals surface area (Å²) >= 11 is 5.07. The van der Waals surface area contributed by atoms with E-state index in [1.54, 1.807) is 12.5 Å². The van der Waals surface area contributed by atoms with Gasteiger partial charge in [0.15, 0.2) is 16.7 Å². The quantitative estimate of drug-likeness (QED) is 0.657. The van der Waals surface area contributed by atoms with E-state index in [1.165, 1.54) is 6.07 Å². The molecule has 0 aliphatic carbocycles. The first-order chi connectivity index (χ1) is 9.65. The van der Waals surface area contributed by atoms with Crippen molar-refractivity contribution in [2.75, 3.05) is 11.9 Å². The molecule has 2 aromatic rings. The molecular formula is C13H14F2N4S. The highest BCUT2D eigenvalue weighted by atomic mass is 32.1. The predicted octanol–water partition coefficient (Wildman–Crippen LogP) is 2.54. The number of hydrogen-bond donors (Lipinski definition) is 2. The lowest BCUT2D eigenvalue weighted by Gasteiger charge is -2.10. The number of imidazole rings is 1. The first-order valence-electron chi connectivity index (χ1n) is 6.11. The fourth-order valence-electron chi connectivity index (χ4n) is 1.63. The zero-order chi connectivity index (χ0) is 14.4. The van der Waals surface area contributed by atoms with Gasteiger partial charge in [-0.3, -0.25) is 0 Å². The van der Waals surface area contributed by atoms with Gasteiger partial charge in [0.1, 0.15) is 0 Å². The highest BCUT2D eigenvalue weighted by Gasteiger charge is 2.03. The molecule has 1 aromatic heterocycles. The number of halogens is 2. The molecule has 2 N–H and O–H groups in total. The Bertz CT molecular complexity index is 572. The topological polar surface area (TPSA) is 41.9 Å². The van der Waals surface area contributed by atoms with Crippen LogP contribution in [0.1, 0.15) is 6.42 Å². The van der Waals surface area contributed by atoms with Crippen molar-refractivity contribution in [2.24, 2.45) is 0 Å². The van der Waals surface area contributed by atoms with Crippen molar-refractivity contribution >= 4 is 23.0 Å². The van der Waals surface area contributed by atoms with Gasteiger partial charge in [-0.2, -0.15) is 0 Å². The highest BCUT2D eigenvalue weighted by molar-refractivity contribution is 7.80. The Kier molecular flexibility index (Phi) is 5.00. The fourth-order valence-corrected chi connectivity index (χ4v) is 1.85. The summed E-state index contributed by atoms with van der Waals surface area (Å²) in [6.07, 6.45) is 6.23. The second kappa shape index (κ2) is 6.95. The second-order valence-electron chi connectivity index (χ2n) is 4.16. The number of hydrogen-bond acceptors (Lipinski definition) is 2. The average Bonchev–Trinajstić information content (AvgIpc) is 2.92. The number of thiocarbonyl (C=S) groups is 1. The van der Waals surface area contributed by atoms with Gasteiger partial charge in [-0.1, -0.05) is 0 Å². The summed E-state index contributed by atoms with van der Waals surface area (Å²) in [4.78, 5) is 3.95. The van der Waals surface area contributed by atoms with E-state index in [-0.39, 0.29) is 0 Å². The third-order valence-electron chi connectivity index (χ3n) is 2.62. The number of rotatable bonds is 5. The number of benzene rings is 1. The zero-order valence-corrected chi connectivity index (χ0v) is 11.5. The summed E-state index contributed by atoms with van der Waals surface area (Å²) in [6, 6.07) is 3.55. The molecule has 0 bridgehead atoms. The molecule has 7 heteroatoms. The summed E-state index contributed by atoms with van der Waals surface area (Å²) in [5.74, 6) is -1.78. The number of nitrogens with one attached hydrogen (secondary N) is 2. The molecule has 2 rings (SSSR count). The van der Waals surface area contributed by atoms with E-state index in [0.717, 1.165) is 25.1 Å².